The highest BCUT2D eigenvalue weighted by Gasteiger charge is 2.29. The van der Waals surface area contributed by atoms with Crippen molar-refractivity contribution in [1.29, 1.82) is 0 Å². The summed E-state index contributed by atoms with van der Waals surface area (Å²) in [6.45, 7) is 4.60. The van der Waals surface area contributed by atoms with Gasteiger partial charge in [0.1, 0.15) is 11.6 Å². The Balaban J connectivity index is 1.64. The number of nitrogens with one attached hydrogen (secondary N) is 1. The van der Waals surface area contributed by atoms with E-state index in [4.69, 9.17) is 11.6 Å². The number of halogens is 2. The molecule has 4 rings (SSSR count). The Morgan fingerprint density at radius 2 is 1.88 bits per heavy atom. The van der Waals surface area contributed by atoms with E-state index < -0.39 is 21.7 Å². The third kappa shape index (κ3) is 5.08. The molecule has 2 heterocycles. The van der Waals surface area contributed by atoms with Crippen molar-refractivity contribution in [3.8, 4) is 11.1 Å². The molecule has 1 N–H and O–H groups in total. The molecule has 0 spiro atoms. The van der Waals surface area contributed by atoms with Gasteiger partial charge in [0.05, 0.1) is 22.9 Å². The predicted molar refractivity (Wildman–Crippen MR) is 132 cm³/mol. The number of carbonyl (C=O) groups excluding carboxylic acids is 1. The molecule has 1 fully saturated rings. The van der Waals surface area contributed by atoms with Crippen LogP contribution in [-0.4, -0.2) is 32.1 Å². The molecule has 2 aromatic carbocycles. The van der Waals surface area contributed by atoms with Gasteiger partial charge in [-0.3, -0.25) is 4.79 Å². The first kappa shape index (κ1) is 24.2. The monoisotopic (exact) mass is 501 g/mol. The second-order valence-corrected chi connectivity index (χ2v) is 10.8. The molecule has 0 unspecified atom stereocenters. The zero-order valence-electron chi connectivity index (χ0n) is 19.1. The van der Waals surface area contributed by atoms with Crippen molar-refractivity contribution in [3.63, 3.8) is 0 Å². The number of anilines is 1. The largest absolute Gasteiger partial charge is 0.348 e. The summed E-state index contributed by atoms with van der Waals surface area (Å²) in [5.41, 5.74) is 3.78. The SMILES string of the molecule is Cc1ccc([C@H]2CCCN2c2ncc(-c3cc(F)c(C(=O)NS(C)(=O)=O)cc3C)cc2Cl)cc1. The van der Waals surface area contributed by atoms with E-state index in [9.17, 15) is 17.6 Å². The molecule has 178 valence electrons. The maximum absolute atomic E-state index is 14.7. The fourth-order valence-corrected chi connectivity index (χ4v) is 5.06. The minimum absolute atomic E-state index is 0.184. The number of sulfonamides is 1. The topological polar surface area (TPSA) is 79.4 Å². The average Bonchev–Trinajstić information content (AvgIpc) is 3.23. The molecule has 0 radical (unpaired) electrons. The van der Waals surface area contributed by atoms with E-state index in [1.165, 1.54) is 23.3 Å². The Kier molecular flexibility index (Phi) is 6.64. The van der Waals surface area contributed by atoms with Gasteiger partial charge in [0.25, 0.3) is 5.91 Å². The van der Waals surface area contributed by atoms with Gasteiger partial charge in [0.15, 0.2) is 0 Å². The van der Waals surface area contributed by atoms with E-state index >= 15 is 0 Å². The summed E-state index contributed by atoms with van der Waals surface area (Å²) in [5, 5.41) is 0.454. The number of pyridine rings is 1. The quantitative estimate of drug-likeness (QED) is 0.520. The Labute approximate surface area is 203 Å². The maximum Gasteiger partial charge on any atom is 0.267 e. The molecule has 0 aliphatic carbocycles. The van der Waals surface area contributed by atoms with Crippen LogP contribution in [0.25, 0.3) is 11.1 Å². The van der Waals surface area contributed by atoms with Gasteiger partial charge < -0.3 is 4.90 Å². The van der Waals surface area contributed by atoms with Crippen molar-refractivity contribution < 1.29 is 17.6 Å². The number of nitrogens with zero attached hydrogens (tertiary/aromatic N) is 2. The zero-order chi connectivity index (χ0) is 24.6. The van der Waals surface area contributed by atoms with Gasteiger partial charge in [-0.05, 0) is 61.6 Å². The molecule has 1 aliphatic heterocycles. The third-order valence-corrected chi connectivity index (χ3v) is 6.79. The predicted octanol–water partition coefficient (Wildman–Crippen LogP) is 5.19. The zero-order valence-corrected chi connectivity index (χ0v) is 20.7. The Morgan fingerprint density at radius 3 is 2.53 bits per heavy atom. The number of hydrogen-bond donors (Lipinski definition) is 1. The van der Waals surface area contributed by atoms with Crippen molar-refractivity contribution in [3.05, 3.63) is 81.8 Å². The lowest BCUT2D eigenvalue weighted by atomic mass is 9.98. The van der Waals surface area contributed by atoms with Gasteiger partial charge in [-0.15, -0.1) is 0 Å². The smallest absolute Gasteiger partial charge is 0.267 e. The van der Waals surface area contributed by atoms with E-state index in [-0.39, 0.29) is 11.6 Å². The molecule has 3 aromatic rings. The van der Waals surface area contributed by atoms with Gasteiger partial charge in [-0.25, -0.2) is 22.5 Å². The Hall–Kier alpha value is -2.97. The molecule has 1 atom stereocenters. The molecule has 6 nitrogen and oxygen atoms in total. The summed E-state index contributed by atoms with van der Waals surface area (Å²) in [7, 11) is -3.81. The first-order valence-electron chi connectivity index (χ1n) is 10.8. The van der Waals surface area contributed by atoms with Crippen LogP contribution in [0.4, 0.5) is 10.2 Å². The summed E-state index contributed by atoms with van der Waals surface area (Å²) in [5.74, 6) is -1.17. The molecule has 1 amide bonds. The van der Waals surface area contributed by atoms with E-state index in [1.54, 1.807) is 23.9 Å². The van der Waals surface area contributed by atoms with Crippen molar-refractivity contribution >= 4 is 33.3 Å². The summed E-state index contributed by atoms with van der Waals surface area (Å²) in [6.07, 6.45) is 4.51. The van der Waals surface area contributed by atoms with Crippen molar-refractivity contribution in [1.82, 2.24) is 9.71 Å². The maximum atomic E-state index is 14.7. The summed E-state index contributed by atoms with van der Waals surface area (Å²) in [4.78, 5) is 18.9. The molecule has 0 bridgehead atoms. The minimum Gasteiger partial charge on any atom is -0.348 e. The van der Waals surface area contributed by atoms with Crippen molar-refractivity contribution in [2.24, 2.45) is 0 Å². The highest BCUT2D eigenvalue weighted by Crippen LogP contribution is 2.39. The Morgan fingerprint density at radius 1 is 1.18 bits per heavy atom. The number of amides is 1. The lowest BCUT2D eigenvalue weighted by Gasteiger charge is -2.27. The normalized spacial score (nSPS) is 16.0. The number of aromatic nitrogens is 1. The number of benzene rings is 2. The number of aryl methyl sites for hydroxylation is 2. The van der Waals surface area contributed by atoms with Crippen LogP contribution in [0.2, 0.25) is 5.02 Å². The van der Waals surface area contributed by atoms with Gasteiger partial charge in [0.2, 0.25) is 10.0 Å². The molecule has 0 saturated carbocycles. The van der Waals surface area contributed by atoms with Gasteiger partial charge in [0, 0.05) is 18.3 Å². The summed E-state index contributed by atoms with van der Waals surface area (Å²) in [6, 6.07) is 12.9. The molecular weight excluding hydrogens is 477 g/mol. The summed E-state index contributed by atoms with van der Waals surface area (Å²) >= 11 is 6.66. The van der Waals surface area contributed by atoms with E-state index in [1.807, 2.05) is 0 Å². The lowest BCUT2D eigenvalue weighted by Crippen LogP contribution is -2.30. The van der Waals surface area contributed by atoms with Crippen molar-refractivity contribution in [2.45, 2.75) is 32.7 Å². The van der Waals surface area contributed by atoms with Gasteiger partial charge >= 0.3 is 0 Å². The molecule has 1 saturated heterocycles. The summed E-state index contributed by atoms with van der Waals surface area (Å²) < 4.78 is 39.2. The number of hydrogen-bond acceptors (Lipinski definition) is 5. The molecule has 9 heteroatoms. The second kappa shape index (κ2) is 9.35. The van der Waals surface area contributed by atoms with Crippen LogP contribution >= 0.6 is 11.6 Å². The van der Waals surface area contributed by atoms with Crippen molar-refractivity contribution in [2.75, 3.05) is 17.7 Å². The van der Waals surface area contributed by atoms with E-state index in [2.05, 4.69) is 41.1 Å². The molecule has 34 heavy (non-hydrogen) atoms. The lowest BCUT2D eigenvalue weighted by molar-refractivity contribution is 0.0977. The first-order valence-corrected chi connectivity index (χ1v) is 13.1. The average molecular weight is 502 g/mol. The van der Waals surface area contributed by atoms with Crippen LogP contribution < -0.4 is 9.62 Å². The third-order valence-electron chi connectivity index (χ3n) is 5.96. The first-order chi connectivity index (χ1) is 16.0. The van der Waals surface area contributed by atoms with Crippen LogP contribution in [0.3, 0.4) is 0 Å². The van der Waals surface area contributed by atoms with E-state index in [0.717, 1.165) is 25.6 Å². The second-order valence-electron chi connectivity index (χ2n) is 8.64. The highest BCUT2D eigenvalue weighted by atomic mass is 35.5. The van der Waals surface area contributed by atoms with Crippen LogP contribution in [0.5, 0.6) is 0 Å². The Bertz CT molecular complexity index is 1360. The highest BCUT2D eigenvalue weighted by molar-refractivity contribution is 7.89. The molecule has 1 aliphatic rings. The minimum atomic E-state index is -3.81. The van der Waals surface area contributed by atoms with Crippen LogP contribution in [0, 0.1) is 19.7 Å². The fraction of sp³-hybridized carbons (Fsp3) is 0.280. The van der Waals surface area contributed by atoms with Crippen LogP contribution in [-0.2, 0) is 10.0 Å². The van der Waals surface area contributed by atoms with E-state index in [0.29, 0.717) is 27.5 Å². The number of carbonyl (C=O) groups is 1. The van der Waals surface area contributed by atoms with Gasteiger partial charge in [-0.2, -0.15) is 0 Å². The molecule has 1 aromatic heterocycles. The van der Waals surface area contributed by atoms with Crippen LogP contribution in [0.15, 0.2) is 48.7 Å². The fourth-order valence-electron chi connectivity index (χ4n) is 4.33. The standard InChI is InChI=1S/C25H25ClFN3O3S/c1-15-6-8-17(9-7-15)23-5-4-10-30(23)24-21(26)12-18(14-28-24)19-13-22(27)20(11-16(19)2)25(31)29-34(3,32)33/h6-9,11-14,23H,4-5,10H2,1-3H3,(H,29,31)/t23-/m1/s1. The number of rotatable bonds is 5. The van der Waals surface area contributed by atoms with Gasteiger partial charge in [-0.1, -0.05) is 41.4 Å². The molecular formula is C25H25ClFN3O3S. The van der Waals surface area contributed by atoms with Crippen LogP contribution in [0.1, 0.15) is 45.9 Å².